The number of amides is 1. The molecule has 8 nitrogen and oxygen atoms in total. The lowest BCUT2D eigenvalue weighted by Crippen LogP contribution is -2.23. The molecule has 28 heavy (non-hydrogen) atoms. The van der Waals surface area contributed by atoms with Crippen LogP contribution in [0.15, 0.2) is 30.3 Å². The van der Waals surface area contributed by atoms with E-state index in [9.17, 15) is 9.59 Å². The molecule has 0 aliphatic carbocycles. The van der Waals surface area contributed by atoms with Crippen LogP contribution in [0.4, 0.5) is 0 Å². The van der Waals surface area contributed by atoms with E-state index >= 15 is 0 Å². The molecule has 1 amide bonds. The Morgan fingerprint density at radius 2 is 1.43 bits per heavy atom. The van der Waals surface area contributed by atoms with Gasteiger partial charge in [0.2, 0.25) is 5.75 Å². The number of rotatable bonds is 8. The van der Waals surface area contributed by atoms with E-state index in [1.54, 1.807) is 30.3 Å². The molecule has 0 fully saturated rings. The molecule has 0 atom stereocenters. The highest BCUT2D eigenvalue weighted by atomic mass is 16.5. The van der Waals surface area contributed by atoms with Crippen LogP contribution in [0.2, 0.25) is 0 Å². The van der Waals surface area contributed by atoms with Gasteiger partial charge in [-0.05, 0) is 29.8 Å². The Bertz CT molecular complexity index is 864. The molecule has 2 rings (SSSR count). The number of ether oxygens (including phenoxy) is 5. The molecule has 0 aliphatic heterocycles. The molecule has 2 aromatic carbocycles. The largest absolute Gasteiger partial charge is 0.496 e. The van der Waals surface area contributed by atoms with E-state index in [2.05, 4.69) is 5.32 Å². The molecule has 0 unspecified atom stereocenters. The van der Waals surface area contributed by atoms with Crippen LogP contribution < -0.4 is 24.3 Å². The Kier molecular flexibility index (Phi) is 7.08. The Labute approximate surface area is 163 Å². The lowest BCUT2D eigenvalue weighted by Gasteiger charge is -2.15. The second-order valence-corrected chi connectivity index (χ2v) is 5.59. The van der Waals surface area contributed by atoms with Crippen LogP contribution in [0.3, 0.4) is 0 Å². The maximum absolute atomic E-state index is 12.7. The van der Waals surface area contributed by atoms with Crippen LogP contribution in [0.25, 0.3) is 0 Å². The molecule has 0 saturated carbocycles. The van der Waals surface area contributed by atoms with Gasteiger partial charge in [0, 0.05) is 6.54 Å². The summed E-state index contributed by atoms with van der Waals surface area (Å²) in [5.41, 5.74) is 1.27. The van der Waals surface area contributed by atoms with E-state index in [4.69, 9.17) is 23.7 Å². The fourth-order valence-corrected chi connectivity index (χ4v) is 2.69. The van der Waals surface area contributed by atoms with Crippen LogP contribution in [0.1, 0.15) is 26.3 Å². The third-order valence-electron chi connectivity index (χ3n) is 4.07. The van der Waals surface area contributed by atoms with Gasteiger partial charge >= 0.3 is 5.97 Å². The van der Waals surface area contributed by atoms with E-state index in [0.717, 1.165) is 0 Å². The van der Waals surface area contributed by atoms with Gasteiger partial charge in [0.25, 0.3) is 5.91 Å². The summed E-state index contributed by atoms with van der Waals surface area (Å²) in [6.07, 6.45) is 0. The average molecular weight is 389 g/mol. The van der Waals surface area contributed by atoms with E-state index in [0.29, 0.717) is 28.4 Å². The number of nitrogens with one attached hydrogen (secondary N) is 1. The van der Waals surface area contributed by atoms with Crippen LogP contribution in [-0.4, -0.2) is 47.4 Å². The minimum Gasteiger partial charge on any atom is -0.496 e. The van der Waals surface area contributed by atoms with Gasteiger partial charge in [0.15, 0.2) is 11.5 Å². The standard InChI is InChI=1S/C20H23NO7/c1-24-15-8-6-12(10-14(15)20(23)28-5)11-21-19(22)13-7-9-16(25-2)18(27-4)17(13)26-3/h6-10H,11H2,1-5H3,(H,21,22). The van der Waals surface area contributed by atoms with Crippen molar-refractivity contribution in [1.29, 1.82) is 0 Å². The Morgan fingerprint density at radius 1 is 0.786 bits per heavy atom. The second-order valence-electron chi connectivity index (χ2n) is 5.59. The fraction of sp³-hybridized carbons (Fsp3) is 0.300. The third kappa shape index (κ3) is 4.28. The molecule has 0 radical (unpaired) electrons. The van der Waals surface area contributed by atoms with Crippen molar-refractivity contribution in [2.75, 3.05) is 35.5 Å². The van der Waals surface area contributed by atoms with E-state index < -0.39 is 5.97 Å². The molecule has 150 valence electrons. The number of benzene rings is 2. The van der Waals surface area contributed by atoms with Crippen LogP contribution in [-0.2, 0) is 11.3 Å². The molecule has 0 aromatic heterocycles. The maximum atomic E-state index is 12.7. The lowest BCUT2D eigenvalue weighted by molar-refractivity contribution is 0.0597. The number of methoxy groups -OCH3 is 5. The first kappa shape index (κ1) is 20.9. The molecule has 0 heterocycles. The minimum atomic E-state index is -0.522. The van der Waals surface area contributed by atoms with Crippen molar-refractivity contribution in [1.82, 2.24) is 5.32 Å². The van der Waals surface area contributed by atoms with Crippen molar-refractivity contribution in [2.45, 2.75) is 6.54 Å². The molecular weight excluding hydrogens is 366 g/mol. The number of esters is 1. The lowest BCUT2D eigenvalue weighted by atomic mass is 10.1. The van der Waals surface area contributed by atoms with Crippen LogP contribution in [0, 0.1) is 0 Å². The first-order chi connectivity index (χ1) is 13.5. The van der Waals surface area contributed by atoms with Crippen LogP contribution in [0.5, 0.6) is 23.0 Å². The van der Waals surface area contributed by atoms with Crippen LogP contribution >= 0.6 is 0 Å². The van der Waals surface area contributed by atoms with Crippen molar-refractivity contribution in [3.63, 3.8) is 0 Å². The van der Waals surface area contributed by atoms with Gasteiger partial charge in [-0.3, -0.25) is 4.79 Å². The summed E-state index contributed by atoms with van der Waals surface area (Å²) in [6.45, 7) is 0.185. The summed E-state index contributed by atoms with van der Waals surface area (Å²) in [7, 11) is 7.17. The smallest absolute Gasteiger partial charge is 0.341 e. The monoisotopic (exact) mass is 389 g/mol. The summed E-state index contributed by atoms with van der Waals surface area (Å²) < 4.78 is 25.8. The SMILES string of the molecule is COC(=O)c1cc(CNC(=O)c2ccc(OC)c(OC)c2OC)ccc1OC. The summed E-state index contributed by atoms with van der Waals surface area (Å²) in [4.78, 5) is 24.5. The highest BCUT2D eigenvalue weighted by molar-refractivity contribution is 5.98. The molecule has 8 heteroatoms. The predicted molar refractivity (Wildman–Crippen MR) is 102 cm³/mol. The second kappa shape index (κ2) is 9.50. The summed E-state index contributed by atoms with van der Waals surface area (Å²) in [5.74, 6) is 0.552. The van der Waals surface area contributed by atoms with E-state index in [1.165, 1.54) is 35.5 Å². The molecule has 0 saturated heterocycles. The maximum Gasteiger partial charge on any atom is 0.341 e. The highest BCUT2D eigenvalue weighted by Gasteiger charge is 2.21. The minimum absolute atomic E-state index is 0.185. The first-order valence-electron chi connectivity index (χ1n) is 8.33. The zero-order valence-corrected chi connectivity index (χ0v) is 16.5. The van der Waals surface area contributed by atoms with E-state index in [1.807, 2.05) is 0 Å². The summed E-state index contributed by atoms with van der Waals surface area (Å²) in [6, 6.07) is 8.21. The van der Waals surface area contributed by atoms with Crippen molar-refractivity contribution in [3.05, 3.63) is 47.0 Å². The van der Waals surface area contributed by atoms with Gasteiger partial charge in [-0.15, -0.1) is 0 Å². The zero-order chi connectivity index (χ0) is 20.7. The molecule has 0 aliphatic rings. The fourth-order valence-electron chi connectivity index (χ4n) is 2.69. The van der Waals surface area contributed by atoms with Gasteiger partial charge in [-0.2, -0.15) is 0 Å². The molecule has 0 bridgehead atoms. The normalized spacial score (nSPS) is 10.0. The average Bonchev–Trinajstić information content (AvgIpc) is 2.75. The van der Waals surface area contributed by atoms with Gasteiger partial charge in [0.1, 0.15) is 11.3 Å². The molecule has 2 aromatic rings. The summed E-state index contributed by atoms with van der Waals surface area (Å²) >= 11 is 0. The summed E-state index contributed by atoms with van der Waals surface area (Å²) in [5, 5.41) is 2.79. The predicted octanol–water partition coefficient (Wildman–Crippen LogP) is 2.44. The molecule has 0 spiro atoms. The van der Waals surface area contributed by atoms with Crippen molar-refractivity contribution in [3.8, 4) is 23.0 Å². The number of carbonyl (C=O) groups is 2. The van der Waals surface area contributed by atoms with Crippen molar-refractivity contribution >= 4 is 11.9 Å². The number of hydrogen-bond acceptors (Lipinski definition) is 7. The molecular formula is C20H23NO7. The number of carbonyl (C=O) groups excluding carboxylic acids is 2. The van der Waals surface area contributed by atoms with Gasteiger partial charge < -0.3 is 29.0 Å². The van der Waals surface area contributed by atoms with Gasteiger partial charge in [0.05, 0.1) is 41.1 Å². The number of hydrogen-bond donors (Lipinski definition) is 1. The Hall–Kier alpha value is -3.42. The Morgan fingerprint density at radius 3 is 2.00 bits per heavy atom. The zero-order valence-electron chi connectivity index (χ0n) is 16.5. The quantitative estimate of drug-likeness (QED) is 0.693. The Balaban J connectivity index is 2.24. The van der Waals surface area contributed by atoms with Crippen molar-refractivity contribution < 1.29 is 33.3 Å². The molecule has 1 N–H and O–H groups in total. The topological polar surface area (TPSA) is 92.3 Å². The highest BCUT2D eigenvalue weighted by Crippen LogP contribution is 2.39. The van der Waals surface area contributed by atoms with E-state index in [-0.39, 0.29) is 23.8 Å². The first-order valence-corrected chi connectivity index (χ1v) is 8.33. The van der Waals surface area contributed by atoms with Gasteiger partial charge in [-0.1, -0.05) is 6.07 Å². The van der Waals surface area contributed by atoms with Gasteiger partial charge in [-0.25, -0.2) is 4.79 Å². The third-order valence-corrected chi connectivity index (χ3v) is 4.07. The van der Waals surface area contributed by atoms with Crippen molar-refractivity contribution in [2.24, 2.45) is 0 Å².